The van der Waals surface area contributed by atoms with Crippen molar-refractivity contribution in [2.24, 2.45) is 34.5 Å². The summed E-state index contributed by atoms with van der Waals surface area (Å²) in [6, 6.07) is 0. The van der Waals surface area contributed by atoms with Gasteiger partial charge >= 0.3 is 7.12 Å². The van der Waals surface area contributed by atoms with Crippen molar-refractivity contribution in [2.75, 3.05) is 6.61 Å². The third-order valence-electron chi connectivity index (χ3n) is 10.7. The molecule has 1 aliphatic heterocycles. The Morgan fingerprint density at radius 1 is 0.968 bits per heavy atom. The third kappa shape index (κ3) is 3.07. The van der Waals surface area contributed by atoms with E-state index in [1.165, 1.54) is 0 Å². The summed E-state index contributed by atoms with van der Waals surface area (Å²) in [7, 11) is -0.338. The Bertz CT molecular complexity index is 711. The van der Waals surface area contributed by atoms with Gasteiger partial charge in [-0.15, -0.1) is 0 Å². The fraction of sp³-hybridized carbons (Fsp3) is 1.00. The van der Waals surface area contributed by atoms with Gasteiger partial charge < -0.3 is 24.6 Å². The molecule has 31 heavy (non-hydrogen) atoms. The van der Waals surface area contributed by atoms with Crippen LogP contribution < -0.4 is 0 Å². The highest BCUT2D eigenvalue weighted by Crippen LogP contribution is 2.70. The molecule has 0 aromatic carbocycles. The van der Waals surface area contributed by atoms with Gasteiger partial charge in [0.05, 0.1) is 24.4 Å². The summed E-state index contributed by atoms with van der Waals surface area (Å²) in [5, 5.41) is 33.0. The van der Waals surface area contributed by atoms with Gasteiger partial charge in [-0.1, -0.05) is 34.6 Å². The van der Waals surface area contributed by atoms with Crippen LogP contribution >= 0.6 is 0 Å². The van der Waals surface area contributed by atoms with Gasteiger partial charge in [-0.3, -0.25) is 0 Å². The second-order valence-electron chi connectivity index (χ2n) is 13.3. The molecule has 4 aliphatic carbocycles. The maximum absolute atomic E-state index is 11.7. The second kappa shape index (κ2) is 7.18. The zero-order chi connectivity index (χ0) is 22.4. The molecule has 3 N–H and O–H groups in total. The highest BCUT2D eigenvalue weighted by molar-refractivity contribution is 6.48. The molecule has 4 saturated carbocycles. The SMILES string of the molecule is CC(C)(C)B1OCC(O)C2(CCC3C4CCC5CC(O)CCC5(C)C4C(O)CC32C)O1. The Morgan fingerprint density at radius 2 is 1.71 bits per heavy atom. The van der Waals surface area contributed by atoms with Crippen LogP contribution in [0.25, 0.3) is 0 Å². The number of aliphatic hydroxyl groups is 3. The van der Waals surface area contributed by atoms with Gasteiger partial charge in [0.2, 0.25) is 0 Å². The van der Waals surface area contributed by atoms with E-state index in [0.717, 1.165) is 44.9 Å². The normalized spacial score (nSPS) is 55.0. The van der Waals surface area contributed by atoms with Crippen LogP contribution in [0.3, 0.4) is 0 Å². The lowest BCUT2D eigenvalue weighted by molar-refractivity contribution is -0.231. The predicted octanol–water partition coefficient (Wildman–Crippen LogP) is 3.80. The molecule has 5 rings (SSSR count). The van der Waals surface area contributed by atoms with E-state index < -0.39 is 11.7 Å². The van der Waals surface area contributed by atoms with Crippen molar-refractivity contribution in [1.29, 1.82) is 0 Å². The molecule has 1 spiro atoms. The first-order valence-corrected chi connectivity index (χ1v) is 12.8. The van der Waals surface area contributed by atoms with Gasteiger partial charge in [-0.25, -0.2) is 0 Å². The largest absolute Gasteiger partial charge is 0.463 e. The molecule has 0 amide bonds. The van der Waals surface area contributed by atoms with Gasteiger partial charge in [0.25, 0.3) is 0 Å². The molecular formula is C25H43BO5. The molecule has 0 aromatic rings. The number of hydrogen-bond donors (Lipinski definition) is 3. The van der Waals surface area contributed by atoms with E-state index in [1.54, 1.807) is 0 Å². The summed E-state index contributed by atoms with van der Waals surface area (Å²) in [6.45, 7) is 11.4. The fourth-order valence-electron chi connectivity index (χ4n) is 9.17. The van der Waals surface area contributed by atoms with Gasteiger partial charge in [-0.2, -0.15) is 0 Å². The molecule has 5 nitrogen and oxygen atoms in total. The van der Waals surface area contributed by atoms with Gasteiger partial charge in [0.15, 0.2) is 0 Å². The minimum Gasteiger partial charge on any atom is -0.408 e. The average molecular weight is 434 g/mol. The first-order valence-electron chi connectivity index (χ1n) is 12.8. The molecule has 10 atom stereocenters. The molecule has 0 bridgehead atoms. The van der Waals surface area contributed by atoms with Crippen molar-refractivity contribution >= 4 is 7.12 Å². The van der Waals surface area contributed by atoms with Crippen molar-refractivity contribution in [3.8, 4) is 0 Å². The monoisotopic (exact) mass is 434 g/mol. The van der Waals surface area contributed by atoms with E-state index in [-0.39, 0.29) is 35.5 Å². The smallest absolute Gasteiger partial charge is 0.408 e. The highest BCUT2D eigenvalue weighted by atomic mass is 16.6. The Kier molecular flexibility index (Phi) is 5.25. The van der Waals surface area contributed by atoms with E-state index in [4.69, 9.17) is 9.31 Å². The molecule has 10 unspecified atom stereocenters. The Balaban J connectivity index is 1.48. The van der Waals surface area contributed by atoms with Gasteiger partial charge in [0.1, 0.15) is 6.10 Å². The van der Waals surface area contributed by atoms with Crippen molar-refractivity contribution in [1.82, 2.24) is 0 Å². The van der Waals surface area contributed by atoms with E-state index in [2.05, 4.69) is 34.6 Å². The van der Waals surface area contributed by atoms with Crippen LogP contribution in [0.5, 0.6) is 0 Å². The Labute approximate surface area is 188 Å². The van der Waals surface area contributed by atoms with Crippen LogP contribution in [0.1, 0.15) is 86.0 Å². The van der Waals surface area contributed by atoms with Gasteiger partial charge in [0, 0.05) is 5.41 Å². The van der Waals surface area contributed by atoms with Crippen molar-refractivity contribution in [2.45, 2.75) is 115 Å². The molecular weight excluding hydrogens is 391 g/mol. The second-order valence-corrected chi connectivity index (χ2v) is 13.3. The van der Waals surface area contributed by atoms with E-state index in [9.17, 15) is 15.3 Å². The fourth-order valence-corrected chi connectivity index (χ4v) is 9.17. The maximum Gasteiger partial charge on any atom is 0.463 e. The standard InChI is InChI=1S/C25H43BO5/c1-22(2,3)26-30-14-20(29)25(31-26)11-9-18-17-7-6-15-12-16(27)8-10-23(15,4)21(17)19(28)13-24(18,25)5/h15-21,27-29H,6-14H2,1-5H3. The van der Waals surface area contributed by atoms with Crippen molar-refractivity contribution in [3.63, 3.8) is 0 Å². The number of aliphatic hydroxyl groups excluding tert-OH is 3. The third-order valence-corrected chi connectivity index (χ3v) is 10.7. The summed E-state index contributed by atoms with van der Waals surface area (Å²) < 4.78 is 12.7. The maximum atomic E-state index is 11.7. The Morgan fingerprint density at radius 3 is 2.42 bits per heavy atom. The zero-order valence-electron chi connectivity index (χ0n) is 20.1. The topological polar surface area (TPSA) is 79.2 Å². The van der Waals surface area contributed by atoms with Crippen LogP contribution in [0.2, 0.25) is 5.31 Å². The summed E-state index contributed by atoms with van der Waals surface area (Å²) in [4.78, 5) is 0. The van der Waals surface area contributed by atoms with Crippen molar-refractivity contribution < 1.29 is 24.6 Å². The molecule has 0 radical (unpaired) electrons. The van der Waals surface area contributed by atoms with E-state index >= 15 is 0 Å². The molecule has 1 saturated heterocycles. The lowest BCUT2D eigenvalue weighted by Crippen LogP contribution is -2.68. The minimum atomic E-state index is -0.651. The summed E-state index contributed by atoms with van der Waals surface area (Å²) >= 11 is 0. The summed E-state index contributed by atoms with van der Waals surface area (Å²) in [5.41, 5.74) is -0.778. The highest BCUT2D eigenvalue weighted by Gasteiger charge is 2.71. The predicted molar refractivity (Wildman–Crippen MR) is 120 cm³/mol. The number of fused-ring (bicyclic) bond motifs is 6. The van der Waals surface area contributed by atoms with Crippen LogP contribution in [0.15, 0.2) is 0 Å². The molecule has 1 heterocycles. The van der Waals surface area contributed by atoms with Crippen LogP contribution in [0.4, 0.5) is 0 Å². The Hall–Kier alpha value is -0.135. The quantitative estimate of drug-likeness (QED) is 0.506. The first kappa shape index (κ1) is 22.6. The van der Waals surface area contributed by atoms with Crippen LogP contribution in [-0.2, 0) is 9.31 Å². The first-order chi connectivity index (χ1) is 14.4. The molecule has 0 aromatic heterocycles. The lowest BCUT2D eigenvalue weighted by Gasteiger charge is -2.64. The molecule has 5 fully saturated rings. The molecule has 5 aliphatic rings. The van der Waals surface area contributed by atoms with Crippen LogP contribution in [0, 0.1) is 34.5 Å². The lowest BCUT2D eigenvalue weighted by atomic mass is 9.43. The summed E-state index contributed by atoms with van der Waals surface area (Å²) in [5.74, 6) is 1.74. The van der Waals surface area contributed by atoms with E-state index in [1.807, 2.05) is 0 Å². The molecule has 176 valence electrons. The number of rotatable bonds is 0. The van der Waals surface area contributed by atoms with Crippen molar-refractivity contribution in [3.05, 3.63) is 0 Å². The summed E-state index contributed by atoms with van der Waals surface area (Å²) in [6.07, 6.45) is 6.45. The van der Waals surface area contributed by atoms with E-state index in [0.29, 0.717) is 36.7 Å². The zero-order valence-corrected chi connectivity index (χ0v) is 20.1. The minimum absolute atomic E-state index is 0.113. The molecule has 6 heteroatoms. The van der Waals surface area contributed by atoms with Crippen LogP contribution in [-0.4, -0.2) is 53.0 Å². The number of hydrogen-bond acceptors (Lipinski definition) is 5. The average Bonchev–Trinajstić information content (AvgIpc) is 2.96. The van der Waals surface area contributed by atoms with Gasteiger partial charge in [-0.05, 0) is 85.8 Å².